The zero-order valence-corrected chi connectivity index (χ0v) is 16.7. The van der Waals surface area contributed by atoms with Gasteiger partial charge in [0, 0.05) is 25.0 Å². The monoisotopic (exact) mass is 407 g/mol. The molecule has 148 valence electrons. The van der Waals surface area contributed by atoms with Crippen LogP contribution in [0, 0.1) is 0 Å². The Hall–Kier alpha value is -3.05. The van der Waals surface area contributed by atoms with Crippen molar-refractivity contribution in [2.24, 2.45) is 0 Å². The lowest BCUT2D eigenvalue weighted by molar-refractivity contribution is 0.105. The standard InChI is InChI=1S/C23H22ClN3O2/c24-21-16-25-14-13-22(21)29-20-12-7-15-26(17-20)23(28)27(18-8-3-1-4-9-18)19-10-5-2-6-11-19/h1-6,8-11,13-14,16,20H,7,12,15,17H2. The fourth-order valence-corrected chi connectivity index (χ4v) is 3.68. The number of anilines is 2. The molecule has 2 heterocycles. The number of ether oxygens (including phenoxy) is 1. The lowest BCUT2D eigenvalue weighted by Crippen LogP contribution is -2.49. The average Bonchev–Trinajstić information content (AvgIpc) is 2.77. The Morgan fingerprint density at radius 3 is 2.31 bits per heavy atom. The van der Waals surface area contributed by atoms with Crippen LogP contribution in [-0.4, -0.2) is 35.1 Å². The van der Waals surface area contributed by atoms with Crippen LogP contribution in [0.15, 0.2) is 79.1 Å². The first-order chi connectivity index (χ1) is 14.2. The summed E-state index contributed by atoms with van der Waals surface area (Å²) >= 11 is 6.18. The first-order valence-corrected chi connectivity index (χ1v) is 10.1. The molecule has 0 N–H and O–H groups in total. The third-order valence-electron chi connectivity index (χ3n) is 4.90. The summed E-state index contributed by atoms with van der Waals surface area (Å²) in [5.41, 5.74) is 1.67. The number of rotatable bonds is 4. The highest BCUT2D eigenvalue weighted by Crippen LogP contribution is 2.29. The molecule has 0 radical (unpaired) electrons. The van der Waals surface area contributed by atoms with E-state index in [1.165, 1.54) is 0 Å². The Labute approximate surface area is 175 Å². The van der Waals surface area contributed by atoms with Crippen molar-refractivity contribution in [1.82, 2.24) is 9.88 Å². The summed E-state index contributed by atoms with van der Waals surface area (Å²) in [7, 11) is 0. The smallest absolute Gasteiger partial charge is 0.329 e. The van der Waals surface area contributed by atoms with E-state index in [1.54, 1.807) is 23.4 Å². The predicted molar refractivity (Wildman–Crippen MR) is 115 cm³/mol. The molecule has 4 rings (SSSR count). The molecule has 1 aliphatic heterocycles. The molecule has 5 nitrogen and oxygen atoms in total. The number of para-hydroxylation sites is 2. The molecular weight excluding hydrogens is 386 g/mol. The van der Waals surface area contributed by atoms with E-state index in [2.05, 4.69) is 4.98 Å². The minimum atomic E-state index is -0.110. The number of benzene rings is 2. The summed E-state index contributed by atoms with van der Waals surface area (Å²) in [6.07, 6.45) is 4.85. The number of likely N-dealkylation sites (tertiary alicyclic amines) is 1. The number of halogens is 1. The van der Waals surface area contributed by atoms with E-state index in [-0.39, 0.29) is 12.1 Å². The zero-order chi connectivity index (χ0) is 20.1. The minimum absolute atomic E-state index is 0.0588. The molecule has 6 heteroatoms. The first-order valence-electron chi connectivity index (χ1n) is 9.67. The first kappa shape index (κ1) is 19.3. The van der Waals surface area contributed by atoms with Gasteiger partial charge < -0.3 is 9.64 Å². The van der Waals surface area contributed by atoms with Crippen LogP contribution in [0.5, 0.6) is 5.75 Å². The maximum absolute atomic E-state index is 13.5. The lowest BCUT2D eigenvalue weighted by Gasteiger charge is -2.36. The summed E-state index contributed by atoms with van der Waals surface area (Å²) in [6.45, 7) is 1.20. The van der Waals surface area contributed by atoms with Crippen LogP contribution in [0.4, 0.5) is 16.2 Å². The Bertz CT molecular complexity index is 913. The third kappa shape index (κ3) is 4.51. The number of hydrogen-bond acceptors (Lipinski definition) is 3. The lowest BCUT2D eigenvalue weighted by atomic mass is 10.1. The Morgan fingerprint density at radius 1 is 1.03 bits per heavy atom. The molecule has 1 atom stereocenters. The van der Waals surface area contributed by atoms with Crippen LogP contribution < -0.4 is 9.64 Å². The van der Waals surface area contributed by atoms with Crippen LogP contribution in [-0.2, 0) is 0 Å². The Morgan fingerprint density at radius 2 is 1.69 bits per heavy atom. The highest BCUT2D eigenvalue weighted by Gasteiger charge is 2.30. The molecule has 1 aliphatic rings. The van der Waals surface area contributed by atoms with Crippen molar-refractivity contribution in [1.29, 1.82) is 0 Å². The van der Waals surface area contributed by atoms with Gasteiger partial charge in [0.15, 0.2) is 0 Å². The topological polar surface area (TPSA) is 45.7 Å². The molecule has 0 spiro atoms. The van der Waals surface area contributed by atoms with E-state index >= 15 is 0 Å². The zero-order valence-electron chi connectivity index (χ0n) is 15.9. The normalized spacial score (nSPS) is 16.3. The summed E-state index contributed by atoms with van der Waals surface area (Å²) < 4.78 is 6.07. The molecule has 0 saturated carbocycles. The average molecular weight is 408 g/mol. The van der Waals surface area contributed by atoms with E-state index in [4.69, 9.17) is 16.3 Å². The summed E-state index contributed by atoms with van der Waals surface area (Å²) in [5.74, 6) is 0.601. The number of aromatic nitrogens is 1. The van der Waals surface area contributed by atoms with Gasteiger partial charge >= 0.3 is 6.03 Å². The molecule has 2 amide bonds. The molecule has 0 aliphatic carbocycles. The van der Waals surface area contributed by atoms with Crippen LogP contribution in [0.25, 0.3) is 0 Å². The highest BCUT2D eigenvalue weighted by molar-refractivity contribution is 6.31. The van der Waals surface area contributed by atoms with Gasteiger partial charge in [0.05, 0.1) is 17.9 Å². The number of hydrogen-bond donors (Lipinski definition) is 0. The van der Waals surface area contributed by atoms with E-state index in [9.17, 15) is 4.79 Å². The number of urea groups is 1. The summed E-state index contributed by atoms with van der Waals surface area (Å²) in [5, 5.41) is 0.478. The molecule has 2 aromatic carbocycles. The molecule has 1 unspecified atom stereocenters. The van der Waals surface area contributed by atoms with E-state index in [0.717, 1.165) is 24.2 Å². The highest BCUT2D eigenvalue weighted by atomic mass is 35.5. The van der Waals surface area contributed by atoms with Crippen molar-refractivity contribution in [3.63, 3.8) is 0 Å². The van der Waals surface area contributed by atoms with Gasteiger partial charge in [-0.05, 0) is 37.1 Å². The SMILES string of the molecule is O=C(N1CCCC(Oc2ccncc2Cl)C1)N(c1ccccc1)c1ccccc1. The molecule has 0 bridgehead atoms. The van der Waals surface area contributed by atoms with E-state index < -0.39 is 0 Å². The van der Waals surface area contributed by atoms with Crippen LogP contribution in [0.3, 0.4) is 0 Å². The van der Waals surface area contributed by atoms with E-state index in [0.29, 0.717) is 23.9 Å². The van der Waals surface area contributed by atoms with Crippen LogP contribution in [0.2, 0.25) is 5.02 Å². The van der Waals surface area contributed by atoms with Gasteiger partial charge in [-0.1, -0.05) is 48.0 Å². The van der Waals surface area contributed by atoms with Gasteiger partial charge in [0.25, 0.3) is 0 Å². The van der Waals surface area contributed by atoms with Crippen molar-refractivity contribution < 1.29 is 9.53 Å². The summed E-state index contributed by atoms with van der Waals surface area (Å²) in [6, 6.07) is 21.1. The van der Waals surface area contributed by atoms with Crippen LogP contribution >= 0.6 is 11.6 Å². The van der Waals surface area contributed by atoms with E-state index in [1.807, 2.05) is 65.6 Å². The maximum Gasteiger partial charge on any atom is 0.329 e. The Kier molecular flexibility index (Phi) is 5.96. The number of piperidine rings is 1. The van der Waals surface area contributed by atoms with Crippen molar-refractivity contribution in [2.75, 3.05) is 18.0 Å². The number of nitrogens with zero attached hydrogens (tertiary/aromatic N) is 3. The number of amides is 2. The predicted octanol–water partition coefficient (Wildman–Crippen LogP) is 5.54. The van der Waals surface area contributed by atoms with Gasteiger partial charge in [-0.2, -0.15) is 0 Å². The molecule has 1 saturated heterocycles. The van der Waals surface area contributed by atoms with Gasteiger partial charge in [-0.3, -0.25) is 9.88 Å². The van der Waals surface area contributed by atoms with Gasteiger partial charge in [0.1, 0.15) is 16.9 Å². The fraction of sp³-hybridized carbons (Fsp3) is 0.217. The molecule has 1 aromatic heterocycles. The second-order valence-electron chi connectivity index (χ2n) is 6.92. The van der Waals surface area contributed by atoms with Crippen molar-refractivity contribution in [3.8, 4) is 5.75 Å². The molecule has 3 aromatic rings. The van der Waals surface area contributed by atoms with Crippen molar-refractivity contribution >= 4 is 29.0 Å². The second-order valence-corrected chi connectivity index (χ2v) is 7.33. The number of pyridine rings is 1. The van der Waals surface area contributed by atoms with Crippen molar-refractivity contribution in [3.05, 3.63) is 84.1 Å². The second kappa shape index (κ2) is 8.97. The summed E-state index contributed by atoms with van der Waals surface area (Å²) in [4.78, 5) is 21.1. The molecule has 1 fully saturated rings. The van der Waals surface area contributed by atoms with Crippen LogP contribution in [0.1, 0.15) is 12.8 Å². The number of carbonyl (C=O) groups is 1. The maximum atomic E-state index is 13.5. The quantitative estimate of drug-likeness (QED) is 0.570. The van der Waals surface area contributed by atoms with Gasteiger partial charge in [-0.25, -0.2) is 4.79 Å². The minimum Gasteiger partial charge on any atom is -0.487 e. The van der Waals surface area contributed by atoms with Crippen molar-refractivity contribution in [2.45, 2.75) is 18.9 Å². The molecule has 29 heavy (non-hydrogen) atoms. The van der Waals surface area contributed by atoms with Gasteiger partial charge in [0.2, 0.25) is 0 Å². The number of carbonyl (C=O) groups excluding carboxylic acids is 1. The largest absolute Gasteiger partial charge is 0.487 e. The van der Waals surface area contributed by atoms with Gasteiger partial charge in [-0.15, -0.1) is 0 Å². The third-order valence-corrected chi connectivity index (χ3v) is 5.18. The fourth-order valence-electron chi connectivity index (χ4n) is 3.51. The molecular formula is C23H22ClN3O2. The Balaban J connectivity index is 1.55.